The minimum absolute atomic E-state index is 0. The zero-order chi connectivity index (χ0) is 15.4. The third-order valence-corrected chi connectivity index (χ3v) is 5.68. The van der Waals surface area contributed by atoms with Crippen LogP contribution in [0.2, 0.25) is 0 Å². The van der Waals surface area contributed by atoms with Gasteiger partial charge in [-0.3, -0.25) is 4.79 Å². The van der Waals surface area contributed by atoms with Gasteiger partial charge in [-0.2, -0.15) is 0 Å². The lowest BCUT2D eigenvalue weighted by Crippen LogP contribution is -2.42. The topological polar surface area (TPSA) is 46.3 Å². The van der Waals surface area contributed by atoms with Gasteiger partial charge in [0.15, 0.2) is 0 Å². The molecular formula is C17H27ClN2OS. The first-order chi connectivity index (χ1) is 10.0. The summed E-state index contributed by atoms with van der Waals surface area (Å²) in [6.07, 6.45) is 1.03. The highest BCUT2D eigenvalue weighted by atomic mass is 35.5. The number of hydrogen-bond acceptors (Lipinski definition) is 3. The molecule has 124 valence electrons. The smallest absolute Gasteiger partial charge is 0.236 e. The third kappa shape index (κ3) is 4.64. The van der Waals surface area contributed by atoms with Crippen molar-refractivity contribution in [3.63, 3.8) is 0 Å². The number of thioether (sulfide) groups is 1. The van der Waals surface area contributed by atoms with Crippen LogP contribution in [0.1, 0.15) is 27.2 Å². The van der Waals surface area contributed by atoms with Crippen molar-refractivity contribution < 1.29 is 4.79 Å². The maximum Gasteiger partial charge on any atom is 0.236 e. The van der Waals surface area contributed by atoms with Crippen LogP contribution in [0.25, 0.3) is 0 Å². The second-order valence-electron chi connectivity index (χ2n) is 6.27. The van der Waals surface area contributed by atoms with Crippen LogP contribution in [-0.4, -0.2) is 35.2 Å². The van der Waals surface area contributed by atoms with Crippen LogP contribution in [0.15, 0.2) is 35.2 Å². The van der Waals surface area contributed by atoms with Crippen molar-refractivity contribution in [2.75, 3.05) is 13.1 Å². The SMILES string of the molecule is CC(C)C(Sc1ccccc1)C(=O)N1CC(CN)CC1C.Cl. The number of carbonyl (C=O) groups is 1. The summed E-state index contributed by atoms with van der Waals surface area (Å²) in [4.78, 5) is 16.1. The first kappa shape index (κ1) is 19.3. The quantitative estimate of drug-likeness (QED) is 0.834. The lowest BCUT2D eigenvalue weighted by molar-refractivity contribution is -0.131. The number of hydrogen-bond donors (Lipinski definition) is 1. The molecule has 1 saturated heterocycles. The average Bonchev–Trinajstić information content (AvgIpc) is 2.86. The molecule has 0 bridgehead atoms. The van der Waals surface area contributed by atoms with Gasteiger partial charge in [0.05, 0.1) is 5.25 Å². The molecule has 1 aromatic carbocycles. The van der Waals surface area contributed by atoms with Crippen molar-refractivity contribution >= 4 is 30.1 Å². The summed E-state index contributed by atoms with van der Waals surface area (Å²) in [7, 11) is 0. The van der Waals surface area contributed by atoms with Crippen molar-refractivity contribution in [3.05, 3.63) is 30.3 Å². The molecule has 0 saturated carbocycles. The number of halogens is 1. The molecule has 1 aromatic rings. The van der Waals surface area contributed by atoms with Crippen LogP contribution in [0.3, 0.4) is 0 Å². The Hall–Kier alpha value is -0.710. The Morgan fingerprint density at radius 3 is 2.50 bits per heavy atom. The Morgan fingerprint density at radius 2 is 2.00 bits per heavy atom. The van der Waals surface area contributed by atoms with Gasteiger partial charge < -0.3 is 10.6 Å². The van der Waals surface area contributed by atoms with E-state index >= 15 is 0 Å². The van der Waals surface area contributed by atoms with Crippen molar-refractivity contribution in [3.8, 4) is 0 Å². The molecule has 1 aliphatic heterocycles. The Morgan fingerprint density at radius 1 is 1.36 bits per heavy atom. The lowest BCUT2D eigenvalue weighted by Gasteiger charge is -2.28. The average molecular weight is 343 g/mol. The van der Waals surface area contributed by atoms with E-state index in [1.807, 2.05) is 23.1 Å². The van der Waals surface area contributed by atoms with Gasteiger partial charge in [0, 0.05) is 17.5 Å². The zero-order valence-corrected chi connectivity index (χ0v) is 15.2. The molecule has 1 aliphatic rings. The lowest BCUT2D eigenvalue weighted by atomic mass is 10.1. The monoisotopic (exact) mass is 342 g/mol. The minimum atomic E-state index is -0.0219. The van der Waals surface area contributed by atoms with Crippen molar-refractivity contribution in [2.45, 2.75) is 43.4 Å². The molecule has 0 spiro atoms. The molecule has 0 aromatic heterocycles. The number of rotatable bonds is 5. The molecule has 1 heterocycles. The van der Waals surface area contributed by atoms with Crippen LogP contribution in [-0.2, 0) is 4.79 Å². The van der Waals surface area contributed by atoms with Gasteiger partial charge in [-0.15, -0.1) is 24.2 Å². The Labute approximate surface area is 144 Å². The fraction of sp³-hybridized carbons (Fsp3) is 0.588. The molecule has 3 atom stereocenters. The highest BCUT2D eigenvalue weighted by Gasteiger charge is 2.36. The molecule has 22 heavy (non-hydrogen) atoms. The highest BCUT2D eigenvalue weighted by Crippen LogP contribution is 2.32. The van der Waals surface area contributed by atoms with Gasteiger partial charge in [-0.25, -0.2) is 0 Å². The largest absolute Gasteiger partial charge is 0.339 e. The van der Waals surface area contributed by atoms with Gasteiger partial charge in [0.1, 0.15) is 0 Å². The van der Waals surface area contributed by atoms with Gasteiger partial charge in [-0.05, 0) is 43.9 Å². The van der Waals surface area contributed by atoms with E-state index < -0.39 is 0 Å². The number of amides is 1. The van der Waals surface area contributed by atoms with Crippen LogP contribution in [0.5, 0.6) is 0 Å². The number of carbonyl (C=O) groups excluding carboxylic acids is 1. The van der Waals surface area contributed by atoms with Gasteiger partial charge in [-0.1, -0.05) is 32.0 Å². The highest BCUT2D eigenvalue weighted by molar-refractivity contribution is 8.00. The fourth-order valence-electron chi connectivity index (χ4n) is 2.90. The van der Waals surface area contributed by atoms with Crippen molar-refractivity contribution in [1.82, 2.24) is 4.90 Å². The summed E-state index contributed by atoms with van der Waals surface area (Å²) >= 11 is 1.68. The second-order valence-corrected chi connectivity index (χ2v) is 7.49. The third-order valence-electron chi connectivity index (χ3n) is 4.13. The molecule has 3 unspecified atom stereocenters. The van der Waals surface area contributed by atoms with E-state index in [4.69, 9.17) is 5.73 Å². The number of nitrogens with zero attached hydrogens (tertiary/aromatic N) is 1. The van der Waals surface area contributed by atoms with Crippen LogP contribution < -0.4 is 5.73 Å². The first-order valence-corrected chi connectivity index (χ1v) is 8.63. The minimum Gasteiger partial charge on any atom is -0.339 e. The van der Waals surface area contributed by atoms with Gasteiger partial charge >= 0.3 is 0 Å². The van der Waals surface area contributed by atoms with Crippen LogP contribution >= 0.6 is 24.2 Å². The van der Waals surface area contributed by atoms with E-state index in [1.165, 1.54) is 0 Å². The molecule has 5 heteroatoms. The first-order valence-electron chi connectivity index (χ1n) is 7.75. The molecule has 2 rings (SSSR count). The Bertz CT molecular complexity index is 469. The molecule has 2 N–H and O–H groups in total. The number of benzene rings is 1. The molecular weight excluding hydrogens is 316 g/mol. The molecule has 1 fully saturated rings. The van der Waals surface area contributed by atoms with E-state index in [0.717, 1.165) is 17.9 Å². The molecule has 0 radical (unpaired) electrons. The van der Waals surface area contributed by atoms with Crippen LogP contribution in [0, 0.1) is 11.8 Å². The zero-order valence-electron chi connectivity index (χ0n) is 13.6. The molecule has 0 aliphatic carbocycles. The van der Waals surface area contributed by atoms with E-state index in [-0.39, 0.29) is 23.6 Å². The summed E-state index contributed by atoms with van der Waals surface area (Å²) in [6, 6.07) is 10.5. The normalized spacial score (nSPS) is 22.5. The maximum atomic E-state index is 12.9. The predicted molar refractivity (Wildman–Crippen MR) is 96.5 cm³/mol. The van der Waals surface area contributed by atoms with E-state index in [9.17, 15) is 4.79 Å². The predicted octanol–water partition coefficient (Wildman–Crippen LogP) is 3.42. The van der Waals surface area contributed by atoms with Gasteiger partial charge in [0.25, 0.3) is 0 Å². The standard InChI is InChI=1S/C17H26N2OS.ClH/c1-12(2)16(21-15-7-5-4-6-8-15)17(20)19-11-14(10-18)9-13(19)3;/h4-8,12-14,16H,9-11,18H2,1-3H3;1H. The fourth-order valence-corrected chi connectivity index (χ4v) is 4.02. The van der Waals surface area contributed by atoms with Gasteiger partial charge in [0.2, 0.25) is 5.91 Å². The summed E-state index contributed by atoms with van der Waals surface area (Å²) < 4.78 is 0. The Kier molecular flexibility index (Phi) is 7.74. The Balaban J connectivity index is 0.00000242. The summed E-state index contributed by atoms with van der Waals surface area (Å²) in [5.74, 6) is 1.03. The number of likely N-dealkylation sites (tertiary alicyclic amines) is 1. The van der Waals surface area contributed by atoms with Crippen molar-refractivity contribution in [2.24, 2.45) is 17.6 Å². The summed E-state index contributed by atoms with van der Waals surface area (Å²) in [5, 5.41) is -0.0219. The van der Waals surface area contributed by atoms with E-state index in [2.05, 4.69) is 32.9 Å². The molecule has 3 nitrogen and oxygen atoms in total. The summed E-state index contributed by atoms with van der Waals surface area (Å²) in [6.45, 7) is 7.87. The summed E-state index contributed by atoms with van der Waals surface area (Å²) in [5.41, 5.74) is 5.77. The number of nitrogens with two attached hydrogens (primary N) is 1. The molecule has 1 amide bonds. The van der Waals surface area contributed by atoms with E-state index in [0.29, 0.717) is 24.4 Å². The van der Waals surface area contributed by atoms with Crippen molar-refractivity contribution in [1.29, 1.82) is 0 Å². The van der Waals surface area contributed by atoms with E-state index in [1.54, 1.807) is 11.8 Å². The maximum absolute atomic E-state index is 12.9. The second kappa shape index (κ2) is 8.80. The van der Waals surface area contributed by atoms with Crippen LogP contribution in [0.4, 0.5) is 0 Å².